The standard InChI is InChI=1S/C19H20N2O5/c1-12-5-6-13(10-14(12)20-18(25)15-4-2-9-26-15)17(24)21-19(7-3-8-19)11-16(22)23/h2,4-6,9-10H,3,7-8,11H2,1H3,(H,20,25)(H,21,24)(H,22,23). The van der Waals surface area contributed by atoms with E-state index in [1.807, 2.05) is 6.92 Å². The maximum atomic E-state index is 12.6. The largest absolute Gasteiger partial charge is 0.481 e. The summed E-state index contributed by atoms with van der Waals surface area (Å²) >= 11 is 0. The lowest BCUT2D eigenvalue weighted by Crippen LogP contribution is -2.54. The normalized spacial score (nSPS) is 15.0. The smallest absolute Gasteiger partial charge is 0.305 e. The van der Waals surface area contributed by atoms with Crippen LogP contribution in [0.1, 0.15) is 52.2 Å². The van der Waals surface area contributed by atoms with Crippen LogP contribution in [0.3, 0.4) is 0 Å². The lowest BCUT2D eigenvalue weighted by molar-refractivity contribution is -0.139. The summed E-state index contributed by atoms with van der Waals surface area (Å²) in [4.78, 5) is 35.8. The van der Waals surface area contributed by atoms with Crippen LogP contribution in [0.4, 0.5) is 5.69 Å². The molecule has 7 nitrogen and oxygen atoms in total. The highest BCUT2D eigenvalue weighted by molar-refractivity contribution is 6.04. The Hall–Kier alpha value is -3.09. The molecular weight excluding hydrogens is 336 g/mol. The molecule has 0 atom stereocenters. The van der Waals surface area contributed by atoms with Gasteiger partial charge >= 0.3 is 5.97 Å². The number of nitrogens with one attached hydrogen (secondary N) is 2. The molecule has 1 aromatic carbocycles. The van der Waals surface area contributed by atoms with Crippen molar-refractivity contribution in [2.24, 2.45) is 0 Å². The average molecular weight is 356 g/mol. The van der Waals surface area contributed by atoms with Crippen molar-refractivity contribution in [3.8, 4) is 0 Å². The third-order valence-corrected chi connectivity index (χ3v) is 4.67. The molecular formula is C19H20N2O5. The number of hydrogen-bond donors (Lipinski definition) is 3. The van der Waals surface area contributed by atoms with Crippen molar-refractivity contribution in [1.82, 2.24) is 5.32 Å². The molecule has 136 valence electrons. The number of carboxylic acids is 1. The second-order valence-corrected chi connectivity index (χ2v) is 6.62. The van der Waals surface area contributed by atoms with Crippen LogP contribution in [0.25, 0.3) is 0 Å². The first-order chi connectivity index (χ1) is 12.4. The highest BCUT2D eigenvalue weighted by Gasteiger charge is 2.40. The maximum absolute atomic E-state index is 12.6. The number of benzene rings is 1. The van der Waals surface area contributed by atoms with Gasteiger partial charge in [0, 0.05) is 11.3 Å². The van der Waals surface area contributed by atoms with Crippen molar-refractivity contribution in [3.63, 3.8) is 0 Å². The highest BCUT2D eigenvalue weighted by atomic mass is 16.4. The van der Waals surface area contributed by atoms with Crippen LogP contribution in [-0.4, -0.2) is 28.4 Å². The molecule has 1 saturated carbocycles. The second-order valence-electron chi connectivity index (χ2n) is 6.62. The van der Waals surface area contributed by atoms with Crippen LogP contribution in [0, 0.1) is 6.92 Å². The fourth-order valence-electron chi connectivity index (χ4n) is 3.04. The topological polar surface area (TPSA) is 109 Å². The molecule has 1 heterocycles. The zero-order chi connectivity index (χ0) is 18.7. The molecule has 1 fully saturated rings. The molecule has 1 aromatic heterocycles. The predicted octanol–water partition coefficient (Wildman–Crippen LogP) is 2.97. The van der Waals surface area contributed by atoms with Gasteiger partial charge in [0.15, 0.2) is 5.76 Å². The van der Waals surface area contributed by atoms with Gasteiger partial charge in [-0.1, -0.05) is 6.07 Å². The zero-order valence-corrected chi connectivity index (χ0v) is 14.4. The van der Waals surface area contributed by atoms with Gasteiger partial charge in [-0.3, -0.25) is 14.4 Å². The number of carbonyl (C=O) groups excluding carboxylic acids is 2. The monoisotopic (exact) mass is 356 g/mol. The number of anilines is 1. The van der Waals surface area contributed by atoms with Crippen LogP contribution in [0.2, 0.25) is 0 Å². The van der Waals surface area contributed by atoms with Gasteiger partial charge in [-0.15, -0.1) is 0 Å². The molecule has 0 aliphatic heterocycles. The Morgan fingerprint density at radius 3 is 2.54 bits per heavy atom. The fraction of sp³-hybridized carbons (Fsp3) is 0.316. The quantitative estimate of drug-likeness (QED) is 0.737. The van der Waals surface area contributed by atoms with Gasteiger partial charge in [0.25, 0.3) is 11.8 Å². The third kappa shape index (κ3) is 3.77. The Kier molecular flexibility index (Phi) is 4.79. The van der Waals surface area contributed by atoms with Crippen LogP contribution < -0.4 is 10.6 Å². The van der Waals surface area contributed by atoms with Gasteiger partial charge in [0.05, 0.1) is 18.2 Å². The van der Waals surface area contributed by atoms with Gasteiger partial charge < -0.3 is 20.2 Å². The Bertz CT molecular complexity index is 838. The van der Waals surface area contributed by atoms with Crippen LogP contribution >= 0.6 is 0 Å². The Morgan fingerprint density at radius 1 is 1.19 bits per heavy atom. The molecule has 1 aliphatic rings. The zero-order valence-electron chi connectivity index (χ0n) is 14.4. The Labute approximate surface area is 150 Å². The number of hydrogen-bond acceptors (Lipinski definition) is 4. The third-order valence-electron chi connectivity index (χ3n) is 4.67. The average Bonchev–Trinajstić information content (AvgIpc) is 3.08. The number of aryl methyl sites for hydroxylation is 1. The van der Waals surface area contributed by atoms with Gasteiger partial charge in [-0.25, -0.2) is 0 Å². The molecule has 0 spiro atoms. The van der Waals surface area contributed by atoms with E-state index < -0.39 is 17.4 Å². The molecule has 2 aromatic rings. The van der Waals surface area contributed by atoms with Gasteiger partial charge in [-0.2, -0.15) is 0 Å². The number of rotatable bonds is 6. The molecule has 7 heteroatoms. The molecule has 26 heavy (non-hydrogen) atoms. The highest BCUT2D eigenvalue weighted by Crippen LogP contribution is 2.35. The van der Waals surface area contributed by atoms with Crippen molar-refractivity contribution in [3.05, 3.63) is 53.5 Å². The second kappa shape index (κ2) is 7.03. The van der Waals surface area contributed by atoms with Crippen molar-refractivity contribution < 1.29 is 23.9 Å². The van der Waals surface area contributed by atoms with E-state index in [9.17, 15) is 14.4 Å². The summed E-state index contributed by atoms with van der Waals surface area (Å²) in [6, 6.07) is 8.13. The number of carbonyl (C=O) groups is 3. The van der Waals surface area contributed by atoms with Crippen molar-refractivity contribution in [2.75, 3.05) is 5.32 Å². The maximum Gasteiger partial charge on any atom is 0.305 e. The van der Waals surface area contributed by atoms with Crippen LogP contribution in [0.15, 0.2) is 41.0 Å². The van der Waals surface area contributed by atoms with E-state index in [4.69, 9.17) is 9.52 Å². The van der Waals surface area contributed by atoms with Crippen LogP contribution in [-0.2, 0) is 4.79 Å². The summed E-state index contributed by atoms with van der Waals surface area (Å²) in [5, 5.41) is 14.6. The Balaban J connectivity index is 1.75. The summed E-state index contributed by atoms with van der Waals surface area (Å²) in [5.74, 6) is -1.51. The summed E-state index contributed by atoms with van der Waals surface area (Å²) in [6.07, 6.45) is 3.52. The minimum Gasteiger partial charge on any atom is -0.481 e. The van der Waals surface area contributed by atoms with E-state index in [1.54, 1.807) is 30.3 Å². The van der Waals surface area contributed by atoms with E-state index >= 15 is 0 Å². The lowest BCUT2D eigenvalue weighted by atomic mass is 9.74. The van der Waals surface area contributed by atoms with E-state index in [1.165, 1.54) is 6.26 Å². The predicted molar refractivity (Wildman–Crippen MR) is 94.1 cm³/mol. The SMILES string of the molecule is Cc1ccc(C(=O)NC2(CC(=O)O)CCC2)cc1NC(=O)c1ccco1. The number of furan rings is 1. The summed E-state index contributed by atoms with van der Waals surface area (Å²) < 4.78 is 5.06. The summed E-state index contributed by atoms with van der Waals surface area (Å²) in [5.41, 5.74) is 0.984. The molecule has 2 amide bonds. The van der Waals surface area contributed by atoms with Gasteiger partial charge in [0.1, 0.15) is 0 Å². The number of amides is 2. The number of aliphatic carboxylic acids is 1. The molecule has 0 radical (unpaired) electrons. The summed E-state index contributed by atoms with van der Waals surface area (Å²) in [7, 11) is 0. The molecule has 3 rings (SSSR count). The Morgan fingerprint density at radius 2 is 1.96 bits per heavy atom. The molecule has 0 unspecified atom stereocenters. The first-order valence-electron chi connectivity index (χ1n) is 8.38. The van der Waals surface area contributed by atoms with E-state index in [0.717, 1.165) is 12.0 Å². The first-order valence-corrected chi connectivity index (χ1v) is 8.38. The minimum absolute atomic E-state index is 0.0906. The van der Waals surface area contributed by atoms with Gasteiger partial charge in [-0.05, 0) is 56.0 Å². The molecule has 1 aliphatic carbocycles. The molecule has 0 saturated heterocycles. The van der Waals surface area contributed by atoms with Crippen molar-refractivity contribution in [1.29, 1.82) is 0 Å². The molecule has 3 N–H and O–H groups in total. The lowest BCUT2D eigenvalue weighted by Gasteiger charge is -2.41. The minimum atomic E-state index is -0.930. The van der Waals surface area contributed by atoms with E-state index in [2.05, 4.69) is 10.6 Å². The van der Waals surface area contributed by atoms with E-state index in [-0.39, 0.29) is 18.1 Å². The van der Waals surface area contributed by atoms with Crippen molar-refractivity contribution >= 4 is 23.5 Å². The van der Waals surface area contributed by atoms with Crippen molar-refractivity contribution in [2.45, 2.75) is 38.1 Å². The fourth-order valence-corrected chi connectivity index (χ4v) is 3.04. The first kappa shape index (κ1) is 17.7. The summed E-state index contributed by atoms with van der Waals surface area (Å²) in [6.45, 7) is 1.82. The molecule has 0 bridgehead atoms. The number of carboxylic acid groups (broad SMARTS) is 1. The van der Waals surface area contributed by atoms with E-state index in [0.29, 0.717) is 24.1 Å². The van der Waals surface area contributed by atoms with Crippen LogP contribution in [0.5, 0.6) is 0 Å². The van der Waals surface area contributed by atoms with Gasteiger partial charge in [0.2, 0.25) is 0 Å².